The Hall–Kier alpha value is -1.69. The first kappa shape index (κ1) is 16.2. The van der Waals surface area contributed by atoms with Crippen LogP contribution < -0.4 is 10.6 Å². The number of hydrogen-bond acceptors (Lipinski definition) is 4. The van der Waals surface area contributed by atoms with Crippen molar-refractivity contribution in [1.29, 1.82) is 0 Å². The van der Waals surface area contributed by atoms with E-state index in [0.717, 1.165) is 23.4 Å². The van der Waals surface area contributed by atoms with Gasteiger partial charge in [0.15, 0.2) is 0 Å². The molecule has 23 heavy (non-hydrogen) atoms. The third kappa shape index (κ3) is 3.99. The molecule has 1 aromatic heterocycles. The van der Waals surface area contributed by atoms with Crippen molar-refractivity contribution in [2.75, 3.05) is 19.7 Å². The topological polar surface area (TPSA) is 50.4 Å². The minimum atomic E-state index is -0.416. The minimum Gasteiger partial charge on any atom is -0.366 e. The zero-order valence-electron chi connectivity index (χ0n) is 13.2. The molecule has 2 aromatic rings. The van der Waals surface area contributed by atoms with Gasteiger partial charge in [0, 0.05) is 18.0 Å². The lowest BCUT2D eigenvalue weighted by Gasteiger charge is -2.26. The van der Waals surface area contributed by atoms with Gasteiger partial charge in [-0.3, -0.25) is 4.79 Å². The highest BCUT2D eigenvalue weighted by atomic mass is 32.1. The number of nitrogens with one attached hydrogen (secondary N) is 2. The van der Waals surface area contributed by atoms with Crippen LogP contribution in [0.15, 0.2) is 41.8 Å². The smallest absolute Gasteiger partial charge is 0.251 e. The van der Waals surface area contributed by atoms with Crippen molar-refractivity contribution < 1.29 is 9.53 Å². The summed E-state index contributed by atoms with van der Waals surface area (Å²) < 4.78 is 5.56. The predicted molar refractivity (Wildman–Crippen MR) is 92.7 cm³/mol. The molecule has 5 heteroatoms. The third-order valence-electron chi connectivity index (χ3n) is 4.06. The van der Waals surface area contributed by atoms with Gasteiger partial charge in [0.25, 0.3) is 5.91 Å². The van der Waals surface area contributed by atoms with Crippen molar-refractivity contribution in [2.24, 2.45) is 0 Å². The van der Waals surface area contributed by atoms with Gasteiger partial charge >= 0.3 is 0 Å². The van der Waals surface area contributed by atoms with Crippen molar-refractivity contribution in [3.05, 3.63) is 57.8 Å². The van der Waals surface area contributed by atoms with E-state index in [2.05, 4.69) is 47.9 Å². The summed E-state index contributed by atoms with van der Waals surface area (Å²) in [4.78, 5) is 13.7. The predicted octanol–water partition coefficient (Wildman–Crippen LogP) is 2.50. The van der Waals surface area contributed by atoms with Crippen LogP contribution in [0.3, 0.4) is 0 Å². The molecule has 2 N–H and O–H groups in total. The first-order chi connectivity index (χ1) is 11.3. The van der Waals surface area contributed by atoms with Crippen LogP contribution in [0.5, 0.6) is 0 Å². The van der Waals surface area contributed by atoms with E-state index in [-0.39, 0.29) is 11.9 Å². The molecule has 1 fully saturated rings. The molecule has 0 bridgehead atoms. The van der Waals surface area contributed by atoms with E-state index >= 15 is 0 Å². The van der Waals surface area contributed by atoms with Gasteiger partial charge in [-0.05, 0) is 29.0 Å². The summed E-state index contributed by atoms with van der Waals surface area (Å²) in [6.07, 6.45) is 0.596. The maximum Gasteiger partial charge on any atom is 0.251 e. The monoisotopic (exact) mass is 330 g/mol. The van der Waals surface area contributed by atoms with Gasteiger partial charge in [0.05, 0.1) is 12.6 Å². The summed E-state index contributed by atoms with van der Waals surface area (Å²) >= 11 is 1.65. The average Bonchev–Trinajstić information content (AvgIpc) is 3.15. The van der Waals surface area contributed by atoms with E-state index in [1.54, 1.807) is 11.3 Å². The molecule has 0 spiro atoms. The van der Waals surface area contributed by atoms with E-state index in [4.69, 9.17) is 4.74 Å². The molecule has 0 saturated carbocycles. The SMILES string of the molecule is CCc1ccc([C@@H](NC(=O)[C@@H]2CNCCO2)c2cccs2)cc1. The van der Waals surface area contributed by atoms with Crippen molar-refractivity contribution >= 4 is 17.2 Å². The molecule has 3 rings (SSSR count). The quantitative estimate of drug-likeness (QED) is 0.886. The van der Waals surface area contributed by atoms with E-state index in [1.165, 1.54) is 5.56 Å². The Labute approximate surface area is 140 Å². The molecule has 4 nitrogen and oxygen atoms in total. The van der Waals surface area contributed by atoms with Gasteiger partial charge in [0.2, 0.25) is 0 Å². The maximum atomic E-state index is 12.5. The van der Waals surface area contributed by atoms with Crippen LogP contribution in [0.25, 0.3) is 0 Å². The second kappa shape index (κ2) is 7.73. The van der Waals surface area contributed by atoms with E-state index < -0.39 is 6.10 Å². The standard InChI is InChI=1S/C18H22N2O2S/c1-2-13-5-7-14(8-6-13)17(16-4-3-11-23-16)20-18(21)15-12-19-9-10-22-15/h3-8,11,15,17,19H,2,9-10,12H2,1H3,(H,20,21)/t15-,17+/m0/s1. The molecule has 0 radical (unpaired) electrons. The Morgan fingerprint density at radius 2 is 2.22 bits per heavy atom. The van der Waals surface area contributed by atoms with Crippen LogP contribution in [-0.2, 0) is 16.0 Å². The van der Waals surface area contributed by atoms with Gasteiger partial charge in [-0.2, -0.15) is 0 Å². The number of aryl methyl sites for hydroxylation is 1. The molecular weight excluding hydrogens is 308 g/mol. The highest BCUT2D eigenvalue weighted by molar-refractivity contribution is 7.10. The summed E-state index contributed by atoms with van der Waals surface area (Å²) in [5.41, 5.74) is 2.39. The van der Waals surface area contributed by atoms with Crippen molar-refractivity contribution in [1.82, 2.24) is 10.6 Å². The highest BCUT2D eigenvalue weighted by Gasteiger charge is 2.25. The molecule has 0 aliphatic carbocycles. The Kier molecular flexibility index (Phi) is 5.43. The van der Waals surface area contributed by atoms with Crippen LogP contribution in [0.4, 0.5) is 0 Å². The molecule has 1 amide bonds. The van der Waals surface area contributed by atoms with Crippen LogP contribution in [0.2, 0.25) is 0 Å². The summed E-state index contributed by atoms with van der Waals surface area (Å²) in [6.45, 7) is 4.09. The number of hydrogen-bond donors (Lipinski definition) is 2. The Balaban J connectivity index is 1.79. The van der Waals surface area contributed by atoms with Gasteiger partial charge < -0.3 is 15.4 Å². The maximum absolute atomic E-state index is 12.5. The number of carbonyl (C=O) groups is 1. The number of carbonyl (C=O) groups excluding carboxylic acids is 1. The number of ether oxygens (including phenoxy) is 1. The number of rotatable bonds is 5. The van der Waals surface area contributed by atoms with Gasteiger partial charge in [-0.25, -0.2) is 0 Å². The molecule has 1 aromatic carbocycles. The molecule has 1 aliphatic heterocycles. The summed E-state index contributed by atoms with van der Waals surface area (Å²) in [5.74, 6) is -0.0600. The second-order valence-corrected chi connectivity index (χ2v) is 6.59. The van der Waals surface area contributed by atoms with Crippen LogP contribution in [0, 0.1) is 0 Å². The van der Waals surface area contributed by atoms with Gasteiger partial charge in [-0.1, -0.05) is 37.3 Å². The molecule has 1 aliphatic rings. The Morgan fingerprint density at radius 1 is 1.39 bits per heavy atom. The normalized spacial score (nSPS) is 19.3. The summed E-state index contributed by atoms with van der Waals surface area (Å²) in [7, 11) is 0. The third-order valence-corrected chi connectivity index (χ3v) is 4.99. The lowest BCUT2D eigenvalue weighted by atomic mass is 10.0. The lowest BCUT2D eigenvalue weighted by molar-refractivity contribution is -0.134. The summed E-state index contributed by atoms with van der Waals surface area (Å²) in [5, 5.41) is 8.38. The zero-order chi connectivity index (χ0) is 16.1. The number of thiophene rings is 1. The Morgan fingerprint density at radius 3 is 2.83 bits per heavy atom. The molecule has 0 unspecified atom stereocenters. The molecule has 2 heterocycles. The largest absolute Gasteiger partial charge is 0.366 e. The first-order valence-corrected chi connectivity index (χ1v) is 8.91. The van der Waals surface area contributed by atoms with Gasteiger partial charge in [-0.15, -0.1) is 11.3 Å². The first-order valence-electron chi connectivity index (χ1n) is 8.03. The van der Waals surface area contributed by atoms with E-state index in [0.29, 0.717) is 13.2 Å². The fourth-order valence-electron chi connectivity index (χ4n) is 2.69. The van der Waals surface area contributed by atoms with Gasteiger partial charge in [0.1, 0.15) is 6.10 Å². The van der Waals surface area contributed by atoms with Crippen molar-refractivity contribution in [3.63, 3.8) is 0 Å². The number of morpholine rings is 1. The number of benzene rings is 1. The zero-order valence-corrected chi connectivity index (χ0v) is 14.1. The van der Waals surface area contributed by atoms with Crippen LogP contribution in [-0.4, -0.2) is 31.7 Å². The molecule has 122 valence electrons. The molecule has 2 atom stereocenters. The number of amides is 1. The minimum absolute atomic E-state index is 0.0600. The second-order valence-electron chi connectivity index (χ2n) is 5.62. The highest BCUT2D eigenvalue weighted by Crippen LogP contribution is 2.26. The van der Waals surface area contributed by atoms with Crippen molar-refractivity contribution in [3.8, 4) is 0 Å². The molecule has 1 saturated heterocycles. The van der Waals surface area contributed by atoms with E-state index in [9.17, 15) is 4.79 Å². The van der Waals surface area contributed by atoms with E-state index in [1.807, 2.05) is 11.4 Å². The van der Waals surface area contributed by atoms with Crippen LogP contribution >= 0.6 is 11.3 Å². The fraction of sp³-hybridized carbons (Fsp3) is 0.389. The van der Waals surface area contributed by atoms with Crippen LogP contribution in [0.1, 0.15) is 29.0 Å². The molecular formula is C18H22N2O2S. The Bertz CT molecular complexity index is 619. The van der Waals surface area contributed by atoms with Crippen molar-refractivity contribution in [2.45, 2.75) is 25.5 Å². The average molecular weight is 330 g/mol. The lowest BCUT2D eigenvalue weighted by Crippen LogP contribution is -2.48. The summed E-state index contributed by atoms with van der Waals surface area (Å²) in [6, 6.07) is 12.4. The fourth-order valence-corrected chi connectivity index (χ4v) is 3.49.